The summed E-state index contributed by atoms with van der Waals surface area (Å²) in [5.41, 5.74) is 11.3. The molecule has 3 rings (SSSR count). The molecule has 72 valence electrons. The number of hydrogen-bond acceptors (Lipinski definition) is 4. The van der Waals surface area contributed by atoms with Crippen molar-refractivity contribution in [3.8, 4) is 0 Å². The van der Waals surface area contributed by atoms with Crippen molar-refractivity contribution in [1.29, 1.82) is 0 Å². The number of rotatable bonds is 0. The molecule has 1 spiro atoms. The van der Waals surface area contributed by atoms with Crippen molar-refractivity contribution in [2.45, 2.75) is 12.1 Å². The van der Waals surface area contributed by atoms with Crippen molar-refractivity contribution >= 4 is 5.69 Å². The lowest BCUT2D eigenvalue weighted by atomic mass is 9.97. The summed E-state index contributed by atoms with van der Waals surface area (Å²) in [6.07, 6.45) is 4.51. The highest BCUT2D eigenvalue weighted by Crippen LogP contribution is 2.35. The quantitative estimate of drug-likeness (QED) is 0.574. The fraction of sp³-hybridized carbons (Fsp3) is 0.200. The summed E-state index contributed by atoms with van der Waals surface area (Å²) in [7, 11) is 0. The summed E-state index contributed by atoms with van der Waals surface area (Å²) in [6.45, 7) is 0. The zero-order chi connectivity index (χ0) is 9.43. The Balaban J connectivity index is 2.08. The van der Waals surface area contributed by atoms with Gasteiger partial charge in [0.05, 0.1) is 5.69 Å². The molecule has 0 saturated heterocycles. The molecule has 1 aromatic rings. The largest absolute Gasteiger partial charge is 0.415 e. The molecule has 0 fully saturated rings. The van der Waals surface area contributed by atoms with Crippen LogP contribution in [0.3, 0.4) is 0 Å². The minimum atomic E-state index is -0.314. The molecule has 4 nitrogen and oxygen atoms in total. The van der Waals surface area contributed by atoms with E-state index >= 15 is 0 Å². The highest BCUT2D eigenvalue weighted by molar-refractivity contribution is 5.57. The van der Waals surface area contributed by atoms with Crippen LogP contribution in [-0.2, 0) is 10.5 Å². The van der Waals surface area contributed by atoms with E-state index in [4.69, 9.17) is 4.84 Å². The lowest BCUT2D eigenvalue weighted by Gasteiger charge is -2.30. The zero-order valence-electron chi connectivity index (χ0n) is 7.58. The van der Waals surface area contributed by atoms with E-state index in [1.807, 2.05) is 24.3 Å². The van der Waals surface area contributed by atoms with E-state index in [0.717, 1.165) is 12.1 Å². The summed E-state index contributed by atoms with van der Waals surface area (Å²) >= 11 is 0. The number of nitrogens with one attached hydrogen (secondary N) is 3. The summed E-state index contributed by atoms with van der Waals surface area (Å²) < 4.78 is 0. The van der Waals surface area contributed by atoms with Gasteiger partial charge in [0.1, 0.15) is 6.26 Å². The van der Waals surface area contributed by atoms with Crippen molar-refractivity contribution in [2.24, 2.45) is 0 Å². The highest BCUT2D eigenvalue weighted by Gasteiger charge is 2.39. The molecule has 3 N–H and O–H groups in total. The molecule has 1 aromatic carbocycles. The van der Waals surface area contributed by atoms with Crippen LogP contribution in [-0.4, -0.2) is 0 Å². The maximum atomic E-state index is 5.13. The molecule has 1 unspecified atom stereocenters. The van der Waals surface area contributed by atoms with Crippen LogP contribution >= 0.6 is 0 Å². The minimum absolute atomic E-state index is 0.314. The Kier molecular flexibility index (Phi) is 1.53. The number of hydrogen-bond donors (Lipinski definition) is 3. The molecule has 0 saturated carbocycles. The van der Waals surface area contributed by atoms with Crippen molar-refractivity contribution in [2.75, 3.05) is 5.43 Å². The molecule has 0 radical (unpaired) electrons. The number of benzene rings is 1. The van der Waals surface area contributed by atoms with Gasteiger partial charge in [-0.05, 0) is 12.1 Å². The van der Waals surface area contributed by atoms with Gasteiger partial charge in [-0.1, -0.05) is 18.2 Å². The molecule has 0 aliphatic carbocycles. The SMILES string of the molecule is C1=CONC2(C1)NNc1ccccc12. The minimum Gasteiger partial charge on any atom is -0.415 e. The van der Waals surface area contributed by atoms with Crippen LogP contribution in [0.4, 0.5) is 5.69 Å². The van der Waals surface area contributed by atoms with Crippen LogP contribution < -0.4 is 16.3 Å². The average molecular weight is 189 g/mol. The van der Waals surface area contributed by atoms with Crippen LogP contribution in [0.5, 0.6) is 0 Å². The molecule has 1 atom stereocenters. The Morgan fingerprint density at radius 3 is 3.07 bits per heavy atom. The van der Waals surface area contributed by atoms with Crippen molar-refractivity contribution in [1.82, 2.24) is 10.9 Å². The second kappa shape index (κ2) is 2.73. The molecule has 2 aliphatic rings. The van der Waals surface area contributed by atoms with Gasteiger partial charge in [-0.2, -0.15) is 0 Å². The maximum absolute atomic E-state index is 5.13. The van der Waals surface area contributed by atoms with Crippen LogP contribution in [0.2, 0.25) is 0 Å². The molecular weight excluding hydrogens is 178 g/mol. The number of hydroxylamine groups is 1. The third kappa shape index (κ3) is 0.950. The predicted molar refractivity (Wildman–Crippen MR) is 52.9 cm³/mol. The van der Waals surface area contributed by atoms with Crippen LogP contribution in [0, 0.1) is 0 Å². The van der Waals surface area contributed by atoms with Gasteiger partial charge in [-0.25, -0.2) is 5.43 Å². The van der Waals surface area contributed by atoms with E-state index in [-0.39, 0.29) is 5.66 Å². The van der Waals surface area contributed by atoms with E-state index in [1.165, 1.54) is 5.56 Å². The van der Waals surface area contributed by atoms with Gasteiger partial charge in [0.2, 0.25) is 0 Å². The summed E-state index contributed by atoms with van der Waals surface area (Å²) in [6, 6.07) is 8.15. The summed E-state index contributed by atoms with van der Waals surface area (Å²) in [5.74, 6) is 0. The first kappa shape index (κ1) is 7.84. The Morgan fingerprint density at radius 1 is 1.29 bits per heavy atom. The maximum Gasteiger partial charge on any atom is 0.150 e. The molecule has 0 bridgehead atoms. The summed E-state index contributed by atoms with van der Waals surface area (Å²) in [5, 5.41) is 0. The zero-order valence-corrected chi connectivity index (χ0v) is 7.58. The van der Waals surface area contributed by atoms with E-state index in [2.05, 4.69) is 22.4 Å². The first-order chi connectivity index (χ1) is 6.91. The first-order valence-corrected chi connectivity index (χ1v) is 4.61. The van der Waals surface area contributed by atoms with E-state index in [0.29, 0.717) is 0 Å². The Hall–Kier alpha value is -1.52. The molecule has 2 aliphatic heterocycles. The van der Waals surface area contributed by atoms with Crippen LogP contribution in [0.25, 0.3) is 0 Å². The second-order valence-electron chi connectivity index (χ2n) is 3.50. The summed E-state index contributed by atoms with van der Waals surface area (Å²) in [4.78, 5) is 5.13. The topological polar surface area (TPSA) is 45.3 Å². The van der Waals surface area contributed by atoms with Gasteiger partial charge >= 0.3 is 0 Å². The Labute approximate surface area is 81.9 Å². The number of anilines is 1. The van der Waals surface area contributed by atoms with Crippen molar-refractivity contribution < 1.29 is 4.84 Å². The monoisotopic (exact) mass is 189 g/mol. The molecule has 0 amide bonds. The van der Waals surface area contributed by atoms with Gasteiger partial charge in [-0.3, -0.25) is 0 Å². The smallest absolute Gasteiger partial charge is 0.150 e. The van der Waals surface area contributed by atoms with E-state index < -0.39 is 0 Å². The normalized spacial score (nSPS) is 28.3. The molecular formula is C10H11N3O. The van der Waals surface area contributed by atoms with E-state index in [9.17, 15) is 0 Å². The van der Waals surface area contributed by atoms with Gasteiger partial charge in [0.25, 0.3) is 0 Å². The number of hydrazine groups is 1. The third-order valence-corrected chi connectivity index (χ3v) is 2.62. The third-order valence-electron chi connectivity index (χ3n) is 2.62. The molecule has 4 heteroatoms. The lowest BCUT2D eigenvalue weighted by Crippen LogP contribution is -2.52. The number of fused-ring (bicyclic) bond motifs is 2. The molecule has 0 aromatic heterocycles. The first-order valence-electron chi connectivity index (χ1n) is 4.61. The molecule has 14 heavy (non-hydrogen) atoms. The predicted octanol–water partition coefficient (Wildman–Crippen LogP) is 1.21. The molecule has 2 heterocycles. The standard InChI is InChI=1S/C10H11N3O/c1-2-5-9-8(4-1)10(12-11-9)6-3-7-14-13-10/h1-5,7,11-13H,6H2. The van der Waals surface area contributed by atoms with E-state index in [1.54, 1.807) is 6.26 Å². The average Bonchev–Trinajstić information content (AvgIpc) is 2.60. The Morgan fingerprint density at radius 2 is 2.21 bits per heavy atom. The number of para-hydroxylation sites is 1. The Bertz CT molecular complexity index is 391. The van der Waals surface area contributed by atoms with Crippen LogP contribution in [0.15, 0.2) is 36.6 Å². The van der Waals surface area contributed by atoms with Gasteiger partial charge < -0.3 is 10.3 Å². The fourth-order valence-electron chi connectivity index (χ4n) is 1.90. The second-order valence-corrected chi connectivity index (χ2v) is 3.50. The lowest BCUT2D eigenvalue weighted by molar-refractivity contribution is 0.0161. The van der Waals surface area contributed by atoms with Crippen molar-refractivity contribution in [3.63, 3.8) is 0 Å². The van der Waals surface area contributed by atoms with Gasteiger partial charge in [0.15, 0.2) is 5.66 Å². The fourth-order valence-corrected chi connectivity index (χ4v) is 1.90. The highest BCUT2D eigenvalue weighted by atomic mass is 16.6. The van der Waals surface area contributed by atoms with Gasteiger partial charge in [0, 0.05) is 12.0 Å². The van der Waals surface area contributed by atoms with Crippen LogP contribution in [0.1, 0.15) is 12.0 Å². The van der Waals surface area contributed by atoms with Crippen molar-refractivity contribution in [3.05, 3.63) is 42.2 Å². The van der Waals surface area contributed by atoms with Gasteiger partial charge in [-0.15, -0.1) is 5.48 Å².